The summed E-state index contributed by atoms with van der Waals surface area (Å²) in [6.07, 6.45) is 40.3. The van der Waals surface area contributed by atoms with Crippen molar-refractivity contribution >= 4 is 19.8 Å². The maximum Gasteiger partial charge on any atom is 0.472 e. The van der Waals surface area contributed by atoms with Gasteiger partial charge in [-0.05, 0) is 38.5 Å². The Morgan fingerprint density at radius 1 is 0.518 bits per heavy atom. The number of aliphatic hydroxyl groups excluding tert-OH is 2. The van der Waals surface area contributed by atoms with E-state index in [2.05, 4.69) is 26.0 Å². The second kappa shape index (κ2) is 41.9. The van der Waals surface area contributed by atoms with E-state index in [0.29, 0.717) is 12.8 Å². The number of rotatable bonds is 44. The van der Waals surface area contributed by atoms with Crippen LogP contribution in [0, 0.1) is 0 Å². The normalized spacial score (nSPS) is 13.9. The Bertz CT molecular complexity index is 946. The van der Waals surface area contributed by atoms with Gasteiger partial charge in [-0.25, -0.2) is 4.57 Å². The number of phosphoric ester groups is 1. The summed E-state index contributed by atoms with van der Waals surface area (Å²) in [6.45, 7) is 2.40. The Balaban J connectivity index is 4.23. The number of phosphoric acid groups is 1. The third-order valence-electron chi connectivity index (χ3n) is 10.2. The molecule has 0 aromatic rings. The molecule has 0 aliphatic carbocycles. The van der Waals surface area contributed by atoms with Gasteiger partial charge in [0.1, 0.15) is 12.7 Å². The van der Waals surface area contributed by atoms with Crippen LogP contribution in [0.25, 0.3) is 0 Å². The average Bonchev–Trinajstić information content (AvgIpc) is 3.19. The zero-order chi connectivity index (χ0) is 41.2. The molecular formula is C45H87O10P. The van der Waals surface area contributed by atoms with Crippen molar-refractivity contribution in [3.63, 3.8) is 0 Å². The number of ether oxygens (including phenoxy) is 2. The van der Waals surface area contributed by atoms with Gasteiger partial charge in [-0.3, -0.25) is 18.6 Å². The van der Waals surface area contributed by atoms with Gasteiger partial charge < -0.3 is 24.6 Å². The van der Waals surface area contributed by atoms with Crippen LogP contribution in [0.1, 0.15) is 226 Å². The minimum Gasteiger partial charge on any atom is -0.462 e. The van der Waals surface area contributed by atoms with E-state index >= 15 is 0 Å². The number of aliphatic hydroxyl groups is 2. The maximum atomic E-state index is 12.6. The minimum atomic E-state index is -4.62. The second-order valence-corrected chi connectivity index (χ2v) is 17.2. The van der Waals surface area contributed by atoms with Crippen LogP contribution in [0.2, 0.25) is 0 Å². The van der Waals surface area contributed by atoms with Crippen LogP contribution >= 0.6 is 7.82 Å². The Morgan fingerprint density at radius 2 is 0.875 bits per heavy atom. The zero-order valence-electron chi connectivity index (χ0n) is 36.1. The molecule has 0 radical (unpaired) electrons. The minimum absolute atomic E-state index is 0.168. The first-order valence-corrected chi connectivity index (χ1v) is 24.6. The zero-order valence-corrected chi connectivity index (χ0v) is 37.0. The van der Waals surface area contributed by atoms with E-state index in [-0.39, 0.29) is 19.4 Å². The summed E-state index contributed by atoms with van der Waals surface area (Å²) in [5.74, 6) is -0.930. The van der Waals surface area contributed by atoms with Gasteiger partial charge in [0.05, 0.1) is 19.8 Å². The molecule has 0 saturated heterocycles. The molecule has 3 atom stereocenters. The summed E-state index contributed by atoms with van der Waals surface area (Å²) in [4.78, 5) is 35.0. The summed E-state index contributed by atoms with van der Waals surface area (Å²) in [5, 5.41) is 18.3. The summed E-state index contributed by atoms with van der Waals surface area (Å²) in [7, 11) is -4.62. The van der Waals surface area contributed by atoms with Gasteiger partial charge in [-0.15, -0.1) is 0 Å². The molecule has 0 rings (SSSR count). The van der Waals surface area contributed by atoms with Crippen molar-refractivity contribution in [2.24, 2.45) is 0 Å². The van der Waals surface area contributed by atoms with E-state index in [4.69, 9.17) is 23.6 Å². The van der Waals surface area contributed by atoms with Crippen LogP contribution in [-0.2, 0) is 32.7 Å². The topological polar surface area (TPSA) is 149 Å². The fourth-order valence-corrected chi connectivity index (χ4v) is 7.37. The van der Waals surface area contributed by atoms with Crippen LogP contribution in [0.15, 0.2) is 12.2 Å². The summed E-state index contributed by atoms with van der Waals surface area (Å²) >= 11 is 0. The van der Waals surface area contributed by atoms with Crippen molar-refractivity contribution in [3.05, 3.63) is 12.2 Å². The van der Waals surface area contributed by atoms with E-state index < -0.39 is 51.8 Å². The lowest BCUT2D eigenvalue weighted by Gasteiger charge is -2.20. The van der Waals surface area contributed by atoms with E-state index in [1.54, 1.807) is 0 Å². The smallest absolute Gasteiger partial charge is 0.462 e. The van der Waals surface area contributed by atoms with Gasteiger partial charge in [0.25, 0.3) is 0 Å². The molecule has 0 aliphatic rings. The molecule has 1 unspecified atom stereocenters. The molecule has 0 aliphatic heterocycles. The molecule has 0 heterocycles. The van der Waals surface area contributed by atoms with Crippen LogP contribution in [0.3, 0.4) is 0 Å². The largest absolute Gasteiger partial charge is 0.472 e. The molecule has 0 saturated carbocycles. The molecule has 0 fully saturated rings. The summed E-state index contributed by atoms with van der Waals surface area (Å²) in [5.41, 5.74) is 0. The Morgan fingerprint density at radius 3 is 1.30 bits per heavy atom. The van der Waals surface area contributed by atoms with E-state index in [0.717, 1.165) is 44.9 Å². The number of allylic oxidation sites excluding steroid dienone is 2. The van der Waals surface area contributed by atoms with Crippen molar-refractivity contribution in [3.8, 4) is 0 Å². The predicted octanol–water partition coefficient (Wildman–Crippen LogP) is 12.4. The molecule has 0 amide bonds. The summed E-state index contributed by atoms with van der Waals surface area (Å²) < 4.78 is 32.7. The van der Waals surface area contributed by atoms with E-state index in [1.807, 2.05) is 0 Å². The molecule has 3 N–H and O–H groups in total. The quantitative estimate of drug-likeness (QED) is 0.0235. The third kappa shape index (κ3) is 40.9. The van der Waals surface area contributed by atoms with Gasteiger partial charge >= 0.3 is 19.8 Å². The fraction of sp³-hybridized carbons (Fsp3) is 0.911. The van der Waals surface area contributed by atoms with Crippen molar-refractivity contribution in [1.82, 2.24) is 0 Å². The number of carbonyl (C=O) groups is 2. The highest BCUT2D eigenvalue weighted by Crippen LogP contribution is 2.43. The molecule has 10 nitrogen and oxygen atoms in total. The predicted molar refractivity (Wildman–Crippen MR) is 229 cm³/mol. The molecule has 0 aromatic heterocycles. The first-order chi connectivity index (χ1) is 27.2. The van der Waals surface area contributed by atoms with Crippen LogP contribution in [0.5, 0.6) is 0 Å². The SMILES string of the molecule is CCCCCCCCCC/C=C/CCCCCC(=O)O[C@H](COC(=O)CCCCCCCCCCCCCCCCCCCC)COP(=O)(O)OC[C@@H](O)CO. The van der Waals surface area contributed by atoms with Gasteiger partial charge in [0.2, 0.25) is 0 Å². The van der Waals surface area contributed by atoms with Gasteiger partial charge in [-0.1, -0.05) is 187 Å². The second-order valence-electron chi connectivity index (χ2n) is 15.8. The van der Waals surface area contributed by atoms with E-state index in [1.165, 1.54) is 141 Å². The monoisotopic (exact) mass is 819 g/mol. The van der Waals surface area contributed by atoms with Crippen LogP contribution in [-0.4, -0.2) is 65.7 Å². The van der Waals surface area contributed by atoms with Crippen LogP contribution < -0.4 is 0 Å². The Hall–Kier alpha value is -1.29. The highest BCUT2D eigenvalue weighted by Gasteiger charge is 2.27. The van der Waals surface area contributed by atoms with Crippen molar-refractivity contribution in [2.75, 3.05) is 26.4 Å². The lowest BCUT2D eigenvalue weighted by Crippen LogP contribution is -2.29. The number of carbonyl (C=O) groups excluding carboxylic acids is 2. The number of esters is 2. The molecule has 332 valence electrons. The first-order valence-electron chi connectivity index (χ1n) is 23.1. The van der Waals surface area contributed by atoms with Gasteiger partial charge in [0.15, 0.2) is 6.10 Å². The van der Waals surface area contributed by atoms with Crippen molar-refractivity contribution < 1.29 is 47.8 Å². The molecule has 0 aromatic carbocycles. The fourth-order valence-electron chi connectivity index (χ4n) is 6.58. The third-order valence-corrected chi connectivity index (χ3v) is 11.1. The van der Waals surface area contributed by atoms with Crippen molar-refractivity contribution in [2.45, 2.75) is 238 Å². The maximum absolute atomic E-state index is 12.6. The lowest BCUT2D eigenvalue weighted by atomic mass is 10.0. The molecule has 0 bridgehead atoms. The molecule has 56 heavy (non-hydrogen) atoms. The highest BCUT2D eigenvalue weighted by molar-refractivity contribution is 7.47. The number of hydrogen-bond acceptors (Lipinski definition) is 9. The molecular weight excluding hydrogens is 731 g/mol. The first kappa shape index (κ1) is 54.7. The Kier molecular flexibility index (Phi) is 40.9. The van der Waals surface area contributed by atoms with E-state index in [9.17, 15) is 24.2 Å². The standard InChI is InChI=1S/C45H87O10P/c1-3-5-7-9-11-13-15-17-19-20-21-23-24-26-28-30-32-34-36-44(48)52-40-43(41-54-56(50,51)53-39-42(47)38-46)55-45(49)37-35-33-31-29-27-25-22-18-16-14-12-10-8-6-4-2/h25,27,42-43,46-47H,3-24,26,28-41H2,1-2H3,(H,50,51)/b27-25+/t42-,43+/m0/s1. The van der Waals surface area contributed by atoms with Crippen LogP contribution in [0.4, 0.5) is 0 Å². The number of hydrogen-bond donors (Lipinski definition) is 3. The van der Waals surface area contributed by atoms with Gasteiger partial charge in [0, 0.05) is 12.8 Å². The molecule has 0 spiro atoms. The van der Waals surface area contributed by atoms with Crippen molar-refractivity contribution in [1.29, 1.82) is 0 Å². The molecule has 11 heteroatoms. The highest BCUT2D eigenvalue weighted by atomic mass is 31.2. The number of unbranched alkanes of at least 4 members (excludes halogenated alkanes) is 28. The Labute approximate surface area is 343 Å². The average molecular weight is 819 g/mol. The van der Waals surface area contributed by atoms with Gasteiger partial charge in [-0.2, -0.15) is 0 Å². The summed E-state index contributed by atoms with van der Waals surface area (Å²) in [6, 6.07) is 0. The lowest BCUT2D eigenvalue weighted by molar-refractivity contribution is -0.161.